The minimum Gasteiger partial charge on any atom is -0.491 e. The Morgan fingerprint density at radius 1 is 1.23 bits per heavy atom. The Kier molecular flexibility index (Phi) is 6.61. The van der Waals surface area contributed by atoms with Crippen LogP contribution in [0.2, 0.25) is 0 Å². The highest BCUT2D eigenvalue weighted by atomic mass is 32.1. The summed E-state index contributed by atoms with van der Waals surface area (Å²) in [5, 5.41) is 3.19. The van der Waals surface area contributed by atoms with Gasteiger partial charge in [0, 0.05) is 17.0 Å². The first-order valence-electron chi connectivity index (χ1n) is 9.74. The number of primary amides is 1. The van der Waals surface area contributed by atoms with Crippen molar-refractivity contribution in [2.24, 2.45) is 5.73 Å². The molecule has 0 spiro atoms. The number of nitrogens with zero attached hydrogens (tertiary/aromatic N) is 1. The zero-order valence-corrected chi connectivity index (χ0v) is 18.0. The molecule has 2 heterocycles. The van der Waals surface area contributed by atoms with Crippen molar-refractivity contribution in [2.45, 2.75) is 39.8 Å². The van der Waals surface area contributed by atoms with Crippen LogP contribution in [0.1, 0.15) is 51.9 Å². The van der Waals surface area contributed by atoms with Gasteiger partial charge in [-0.25, -0.2) is 4.79 Å². The largest absolute Gasteiger partial charge is 0.491 e. The van der Waals surface area contributed by atoms with E-state index in [9.17, 15) is 14.4 Å². The number of nitrogens with two attached hydrogens (primary N) is 1. The highest BCUT2D eigenvalue weighted by molar-refractivity contribution is 7.17. The lowest BCUT2D eigenvalue weighted by Gasteiger charge is -2.26. The van der Waals surface area contributed by atoms with Crippen LogP contribution in [0.15, 0.2) is 24.3 Å². The molecule has 0 fully saturated rings. The minimum atomic E-state index is -0.604. The first-order valence-corrected chi connectivity index (χ1v) is 10.6. The van der Waals surface area contributed by atoms with E-state index >= 15 is 0 Å². The molecule has 0 saturated carbocycles. The van der Waals surface area contributed by atoms with Crippen molar-refractivity contribution >= 4 is 34.2 Å². The molecule has 160 valence electrons. The molecule has 0 aliphatic carbocycles. The lowest BCUT2D eigenvalue weighted by Crippen LogP contribution is -2.36. The molecule has 1 aliphatic heterocycles. The first-order chi connectivity index (χ1) is 14.3. The molecular weight excluding hydrogens is 406 g/mol. The zero-order valence-electron chi connectivity index (χ0n) is 17.2. The Hall–Kier alpha value is -3.07. The lowest BCUT2D eigenvalue weighted by molar-refractivity contribution is 0.0997. The number of hydrogen-bond donors (Lipinski definition) is 2. The summed E-state index contributed by atoms with van der Waals surface area (Å²) in [4.78, 5) is 39.2. The van der Waals surface area contributed by atoms with Crippen molar-refractivity contribution in [3.05, 3.63) is 45.8 Å². The maximum absolute atomic E-state index is 12.7. The third-order valence-electron chi connectivity index (χ3n) is 4.54. The molecule has 30 heavy (non-hydrogen) atoms. The number of amides is 3. The summed E-state index contributed by atoms with van der Waals surface area (Å²) in [5.41, 5.74) is 7.13. The van der Waals surface area contributed by atoms with Gasteiger partial charge in [0.05, 0.1) is 24.8 Å². The van der Waals surface area contributed by atoms with Crippen LogP contribution in [0, 0.1) is 0 Å². The Morgan fingerprint density at radius 3 is 2.53 bits per heavy atom. The quantitative estimate of drug-likeness (QED) is 0.728. The number of fused-ring (bicyclic) bond motifs is 1. The molecule has 8 nitrogen and oxygen atoms in total. The number of ether oxygens (including phenoxy) is 2. The molecule has 3 N–H and O–H groups in total. The fraction of sp³-hybridized carbons (Fsp3) is 0.381. The predicted molar refractivity (Wildman–Crippen MR) is 114 cm³/mol. The first kappa shape index (κ1) is 21.6. The Labute approximate surface area is 178 Å². The summed E-state index contributed by atoms with van der Waals surface area (Å²) in [7, 11) is 0. The van der Waals surface area contributed by atoms with Gasteiger partial charge in [0.25, 0.3) is 11.8 Å². The van der Waals surface area contributed by atoms with Gasteiger partial charge in [0.1, 0.15) is 10.8 Å². The van der Waals surface area contributed by atoms with Crippen molar-refractivity contribution in [2.75, 3.05) is 18.5 Å². The van der Waals surface area contributed by atoms with Gasteiger partial charge >= 0.3 is 6.09 Å². The van der Waals surface area contributed by atoms with Crippen molar-refractivity contribution in [1.82, 2.24) is 4.90 Å². The number of carbonyl (C=O) groups excluding carboxylic acids is 3. The summed E-state index contributed by atoms with van der Waals surface area (Å²) in [5.74, 6) is -0.285. The van der Waals surface area contributed by atoms with Crippen molar-refractivity contribution in [1.29, 1.82) is 0 Å². The van der Waals surface area contributed by atoms with Crippen LogP contribution in [0.25, 0.3) is 0 Å². The maximum Gasteiger partial charge on any atom is 0.410 e. The lowest BCUT2D eigenvalue weighted by atomic mass is 10.0. The van der Waals surface area contributed by atoms with E-state index < -0.39 is 12.0 Å². The SMILES string of the molecule is CCOC(=O)N1CCc2c(sc(NC(=O)c3ccc(OC(C)C)cc3)c2C(N)=O)C1. The molecule has 0 saturated heterocycles. The van der Waals surface area contributed by atoms with Crippen LogP contribution in [0.4, 0.5) is 9.80 Å². The van der Waals surface area contributed by atoms with E-state index in [-0.39, 0.29) is 12.0 Å². The highest BCUT2D eigenvalue weighted by Gasteiger charge is 2.30. The van der Waals surface area contributed by atoms with Gasteiger partial charge < -0.3 is 25.4 Å². The number of carbonyl (C=O) groups is 3. The van der Waals surface area contributed by atoms with Crippen LogP contribution in [0.5, 0.6) is 5.75 Å². The van der Waals surface area contributed by atoms with E-state index in [2.05, 4.69) is 5.32 Å². The summed E-state index contributed by atoms with van der Waals surface area (Å²) >= 11 is 1.26. The third-order valence-corrected chi connectivity index (χ3v) is 5.68. The molecule has 9 heteroatoms. The molecule has 2 aromatic rings. The average Bonchev–Trinajstić information content (AvgIpc) is 3.05. The Morgan fingerprint density at radius 2 is 1.93 bits per heavy atom. The Bertz CT molecular complexity index is 952. The standard InChI is InChI=1S/C21H25N3O5S/c1-4-28-21(27)24-10-9-15-16(11-24)30-20(17(15)18(22)25)23-19(26)13-5-7-14(8-6-13)29-12(2)3/h5-8,12H,4,9-11H2,1-3H3,(H2,22,25)(H,23,26). The number of thiophene rings is 1. The second-order valence-electron chi connectivity index (χ2n) is 7.09. The monoisotopic (exact) mass is 431 g/mol. The second kappa shape index (κ2) is 9.17. The van der Waals surface area contributed by atoms with Crippen molar-refractivity contribution in [3.8, 4) is 5.75 Å². The van der Waals surface area contributed by atoms with Gasteiger partial charge in [-0.15, -0.1) is 11.3 Å². The smallest absolute Gasteiger partial charge is 0.410 e. The Balaban J connectivity index is 1.80. The fourth-order valence-electron chi connectivity index (χ4n) is 3.26. The van der Waals surface area contributed by atoms with Crippen LogP contribution in [0.3, 0.4) is 0 Å². The van der Waals surface area contributed by atoms with E-state index in [0.717, 1.165) is 10.4 Å². The van der Waals surface area contributed by atoms with E-state index in [1.165, 1.54) is 11.3 Å². The summed E-state index contributed by atoms with van der Waals surface area (Å²) in [6.07, 6.45) is 0.112. The molecule has 3 amide bonds. The van der Waals surface area contributed by atoms with Gasteiger partial charge in [-0.2, -0.15) is 0 Å². The minimum absolute atomic E-state index is 0.0365. The number of anilines is 1. The van der Waals surface area contributed by atoms with E-state index in [1.54, 1.807) is 36.1 Å². The molecule has 0 unspecified atom stereocenters. The van der Waals surface area contributed by atoms with Gasteiger partial charge in [-0.05, 0) is 57.0 Å². The van der Waals surface area contributed by atoms with Gasteiger partial charge in [-0.3, -0.25) is 9.59 Å². The number of nitrogens with one attached hydrogen (secondary N) is 1. The molecule has 0 bridgehead atoms. The van der Waals surface area contributed by atoms with Crippen LogP contribution >= 0.6 is 11.3 Å². The molecule has 3 rings (SSSR count). The van der Waals surface area contributed by atoms with Gasteiger partial charge in [0.2, 0.25) is 0 Å². The molecule has 1 aromatic carbocycles. The van der Waals surface area contributed by atoms with Gasteiger partial charge in [-0.1, -0.05) is 0 Å². The molecular formula is C21H25N3O5S. The van der Waals surface area contributed by atoms with E-state index in [0.29, 0.717) is 48.0 Å². The summed E-state index contributed by atoms with van der Waals surface area (Å²) in [6, 6.07) is 6.77. The second-order valence-corrected chi connectivity index (χ2v) is 8.19. The van der Waals surface area contributed by atoms with E-state index in [4.69, 9.17) is 15.2 Å². The van der Waals surface area contributed by atoms with E-state index in [1.807, 2.05) is 13.8 Å². The highest BCUT2D eigenvalue weighted by Crippen LogP contribution is 2.37. The normalized spacial score (nSPS) is 13.0. The van der Waals surface area contributed by atoms with Crippen molar-refractivity contribution < 1.29 is 23.9 Å². The van der Waals surface area contributed by atoms with Crippen molar-refractivity contribution in [3.63, 3.8) is 0 Å². The van der Waals surface area contributed by atoms with Crippen LogP contribution in [-0.4, -0.2) is 42.1 Å². The predicted octanol–water partition coefficient (Wildman–Crippen LogP) is 3.40. The number of rotatable bonds is 6. The fourth-order valence-corrected chi connectivity index (χ4v) is 4.52. The molecule has 1 aliphatic rings. The molecule has 0 atom stereocenters. The maximum atomic E-state index is 12.7. The molecule has 0 radical (unpaired) electrons. The topological polar surface area (TPSA) is 111 Å². The van der Waals surface area contributed by atoms with Gasteiger partial charge in [0.15, 0.2) is 0 Å². The third kappa shape index (κ3) is 4.73. The molecule has 1 aromatic heterocycles. The summed E-state index contributed by atoms with van der Waals surface area (Å²) < 4.78 is 10.6. The van der Waals surface area contributed by atoms with Crippen LogP contribution in [-0.2, 0) is 17.7 Å². The number of hydrogen-bond acceptors (Lipinski definition) is 6. The van der Waals surface area contributed by atoms with Crippen LogP contribution < -0.4 is 15.8 Å². The average molecular weight is 432 g/mol. The zero-order chi connectivity index (χ0) is 21.8. The number of benzene rings is 1. The summed E-state index contributed by atoms with van der Waals surface area (Å²) in [6.45, 7) is 6.63.